The summed E-state index contributed by atoms with van der Waals surface area (Å²) in [7, 11) is 0. The van der Waals surface area contributed by atoms with E-state index in [1.807, 2.05) is 0 Å². The van der Waals surface area contributed by atoms with Crippen molar-refractivity contribution in [1.82, 2.24) is 4.57 Å². The average Bonchev–Trinajstić information content (AvgIpc) is 3.13. The Balaban J connectivity index is 2.12. The van der Waals surface area contributed by atoms with Crippen LogP contribution in [0.2, 0.25) is 0 Å². The molecule has 0 N–H and O–H groups in total. The summed E-state index contributed by atoms with van der Waals surface area (Å²) in [4.78, 5) is 16.6. The van der Waals surface area contributed by atoms with Gasteiger partial charge in [0.05, 0.1) is 10.6 Å². The van der Waals surface area contributed by atoms with E-state index >= 15 is 0 Å². The highest BCUT2D eigenvalue weighted by Gasteiger charge is 2.17. The van der Waals surface area contributed by atoms with E-state index in [2.05, 4.69) is 62.8 Å². The van der Waals surface area contributed by atoms with E-state index in [0.717, 1.165) is 28.9 Å². The van der Waals surface area contributed by atoms with Gasteiger partial charge >= 0.3 is 0 Å². The lowest BCUT2D eigenvalue weighted by Gasteiger charge is -2.18. The highest BCUT2D eigenvalue weighted by Crippen LogP contribution is 2.30. The number of hydrogen-bond acceptors (Lipinski definition) is 4. The molecule has 0 aliphatic heterocycles. The second-order valence-corrected chi connectivity index (χ2v) is 9.44. The zero-order chi connectivity index (χ0) is 22.5. The van der Waals surface area contributed by atoms with Gasteiger partial charge in [0.15, 0.2) is 4.80 Å². The Morgan fingerprint density at radius 3 is 2.48 bits per heavy atom. The summed E-state index contributed by atoms with van der Waals surface area (Å²) in [5, 5.41) is 13.6. The molecular weight excluding hydrogens is 406 g/mol. The van der Waals surface area contributed by atoms with Crippen molar-refractivity contribution in [2.75, 3.05) is 0 Å². The Morgan fingerprint density at radius 2 is 1.81 bits per heavy atom. The number of nitro benzene ring substituents is 1. The van der Waals surface area contributed by atoms with Gasteiger partial charge in [-0.3, -0.25) is 10.1 Å². The molecule has 6 heteroatoms. The van der Waals surface area contributed by atoms with Gasteiger partial charge in [0.25, 0.3) is 5.69 Å². The van der Waals surface area contributed by atoms with Gasteiger partial charge in [-0.05, 0) is 61.9 Å². The van der Waals surface area contributed by atoms with Crippen LogP contribution < -0.4 is 4.80 Å². The molecule has 1 aromatic heterocycles. The minimum atomic E-state index is -0.368. The highest BCUT2D eigenvalue weighted by molar-refractivity contribution is 7.07. The largest absolute Gasteiger partial charge is 0.314 e. The first kappa shape index (κ1) is 22.9. The van der Waals surface area contributed by atoms with E-state index in [1.165, 1.54) is 35.0 Å². The Morgan fingerprint density at radius 1 is 1.06 bits per heavy atom. The Bertz CT molecular complexity index is 1130. The summed E-state index contributed by atoms with van der Waals surface area (Å²) in [6.07, 6.45) is 3.36. The van der Waals surface area contributed by atoms with Crippen LogP contribution in [0, 0.1) is 29.9 Å². The molecule has 0 bridgehead atoms. The molecule has 0 amide bonds. The monoisotopic (exact) mass is 437 g/mol. The van der Waals surface area contributed by atoms with Crippen molar-refractivity contribution in [3.63, 3.8) is 0 Å². The third kappa shape index (κ3) is 5.50. The molecule has 3 rings (SSSR count). The molecule has 0 aliphatic carbocycles. The van der Waals surface area contributed by atoms with Gasteiger partial charge in [0.1, 0.15) is 5.69 Å². The van der Waals surface area contributed by atoms with Crippen molar-refractivity contribution in [1.29, 1.82) is 0 Å². The van der Waals surface area contributed by atoms with Gasteiger partial charge in [-0.25, -0.2) is 4.99 Å². The third-order valence-corrected chi connectivity index (χ3v) is 6.52. The lowest BCUT2D eigenvalue weighted by molar-refractivity contribution is -0.384. The molecule has 1 atom stereocenters. The summed E-state index contributed by atoms with van der Waals surface area (Å²) in [5.74, 6) is 0.676. The Kier molecular flexibility index (Phi) is 7.44. The molecule has 164 valence electrons. The van der Waals surface area contributed by atoms with Crippen LogP contribution >= 0.6 is 11.3 Å². The molecule has 31 heavy (non-hydrogen) atoms. The molecule has 3 aromatic rings. The summed E-state index contributed by atoms with van der Waals surface area (Å²) in [5.41, 5.74) is 5.20. The normalized spacial score (nSPS) is 13.0. The van der Waals surface area contributed by atoms with Crippen LogP contribution in [0.1, 0.15) is 57.2 Å². The molecule has 0 radical (unpaired) electrons. The van der Waals surface area contributed by atoms with E-state index in [0.29, 0.717) is 11.6 Å². The van der Waals surface area contributed by atoms with Crippen molar-refractivity contribution in [3.05, 3.63) is 73.9 Å². The SMILES string of the molecule is Cc1ccc(-c2csc(=Nc3ccccc3[N+](=O)[O-])n2C(C)CCCC(C)C)cc1C. The number of hydrogen-bond donors (Lipinski definition) is 0. The van der Waals surface area contributed by atoms with Gasteiger partial charge < -0.3 is 4.57 Å². The van der Waals surface area contributed by atoms with E-state index in [-0.39, 0.29) is 16.7 Å². The first-order valence-corrected chi connectivity index (χ1v) is 11.7. The van der Waals surface area contributed by atoms with Crippen LogP contribution in [0.25, 0.3) is 11.3 Å². The Hall–Kier alpha value is -2.73. The van der Waals surface area contributed by atoms with Gasteiger partial charge in [0.2, 0.25) is 0 Å². The highest BCUT2D eigenvalue weighted by atomic mass is 32.1. The van der Waals surface area contributed by atoms with Crippen LogP contribution in [0.5, 0.6) is 0 Å². The molecule has 1 unspecified atom stereocenters. The lowest BCUT2D eigenvalue weighted by atomic mass is 10.0. The fourth-order valence-electron chi connectivity index (χ4n) is 3.71. The predicted octanol–water partition coefficient (Wildman–Crippen LogP) is 7.36. The number of aromatic nitrogens is 1. The maximum absolute atomic E-state index is 11.5. The minimum Gasteiger partial charge on any atom is -0.314 e. The van der Waals surface area contributed by atoms with Gasteiger partial charge in [0, 0.05) is 17.5 Å². The summed E-state index contributed by atoms with van der Waals surface area (Å²) < 4.78 is 2.26. The van der Waals surface area contributed by atoms with E-state index in [9.17, 15) is 10.1 Å². The smallest absolute Gasteiger partial charge is 0.294 e. The molecule has 0 spiro atoms. The van der Waals surface area contributed by atoms with Crippen LogP contribution in [-0.4, -0.2) is 9.49 Å². The molecule has 0 saturated heterocycles. The number of thiazole rings is 1. The summed E-state index contributed by atoms with van der Waals surface area (Å²) in [6, 6.07) is 13.4. The number of benzene rings is 2. The predicted molar refractivity (Wildman–Crippen MR) is 129 cm³/mol. The van der Waals surface area contributed by atoms with Crippen molar-refractivity contribution in [2.45, 2.75) is 59.9 Å². The van der Waals surface area contributed by atoms with Crippen molar-refractivity contribution < 1.29 is 4.92 Å². The first-order chi connectivity index (χ1) is 14.8. The van der Waals surface area contributed by atoms with E-state index in [4.69, 9.17) is 4.99 Å². The molecule has 0 fully saturated rings. The quantitative estimate of drug-likeness (QED) is 0.273. The molecule has 0 saturated carbocycles. The second kappa shape index (κ2) is 10.1. The minimum absolute atomic E-state index is 0.0302. The average molecular weight is 438 g/mol. The van der Waals surface area contributed by atoms with Crippen molar-refractivity contribution >= 4 is 22.7 Å². The van der Waals surface area contributed by atoms with Gasteiger partial charge in [-0.1, -0.05) is 51.0 Å². The maximum atomic E-state index is 11.5. The Labute approximate surface area is 188 Å². The fraction of sp³-hybridized carbons (Fsp3) is 0.400. The van der Waals surface area contributed by atoms with Gasteiger partial charge in [-0.2, -0.15) is 0 Å². The zero-order valence-corrected chi connectivity index (χ0v) is 19.8. The summed E-state index contributed by atoms with van der Waals surface area (Å²) >= 11 is 1.54. The molecule has 5 nitrogen and oxygen atoms in total. The fourth-order valence-corrected chi connectivity index (χ4v) is 4.72. The number of aryl methyl sites for hydroxylation is 2. The second-order valence-electron chi connectivity index (χ2n) is 8.60. The summed E-state index contributed by atoms with van der Waals surface area (Å²) in [6.45, 7) is 11.0. The number of rotatable bonds is 8. The maximum Gasteiger partial charge on any atom is 0.294 e. The van der Waals surface area contributed by atoms with E-state index < -0.39 is 0 Å². The molecule has 0 aliphatic rings. The van der Waals surface area contributed by atoms with Crippen LogP contribution in [0.4, 0.5) is 11.4 Å². The standard InChI is InChI=1S/C25H31N3O2S/c1-17(2)9-8-10-20(5)27-24(21-14-13-18(3)19(4)15-21)16-31-25(27)26-22-11-6-7-12-23(22)28(29)30/h6-7,11-17,20H,8-10H2,1-5H3. The number of para-hydroxylation sites is 2. The van der Waals surface area contributed by atoms with Crippen LogP contribution in [-0.2, 0) is 0 Å². The zero-order valence-electron chi connectivity index (χ0n) is 19.0. The molecule has 1 heterocycles. The topological polar surface area (TPSA) is 60.4 Å². The van der Waals surface area contributed by atoms with Crippen LogP contribution in [0.3, 0.4) is 0 Å². The number of nitrogens with zero attached hydrogens (tertiary/aromatic N) is 3. The molecule has 2 aromatic carbocycles. The third-order valence-electron chi connectivity index (χ3n) is 5.68. The van der Waals surface area contributed by atoms with Crippen molar-refractivity contribution in [3.8, 4) is 11.3 Å². The number of nitro groups is 1. The van der Waals surface area contributed by atoms with Crippen LogP contribution in [0.15, 0.2) is 52.8 Å². The molecular formula is C25H31N3O2S. The lowest BCUT2D eigenvalue weighted by Crippen LogP contribution is -2.20. The van der Waals surface area contributed by atoms with E-state index in [1.54, 1.807) is 18.2 Å². The van der Waals surface area contributed by atoms with Crippen molar-refractivity contribution in [2.24, 2.45) is 10.9 Å². The van der Waals surface area contributed by atoms with Gasteiger partial charge in [-0.15, -0.1) is 11.3 Å². The first-order valence-electron chi connectivity index (χ1n) is 10.8.